The topological polar surface area (TPSA) is 50.4 Å². The molecule has 3 nitrogen and oxygen atoms in total. The van der Waals surface area contributed by atoms with Gasteiger partial charge in [-0.25, -0.2) is 4.99 Å². The maximum absolute atomic E-state index is 5.32. The van der Waals surface area contributed by atoms with Gasteiger partial charge in [-0.1, -0.05) is 42.5 Å². The van der Waals surface area contributed by atoms with Crippen molar-refractivity contribution in [1.82, 2.24) is 0 Å². The summed E-state index contributed by atoms with van der Waals surface area (Å²) in [5, 5.41) is 3.35. The van der Waals surface area contributed by atoms with Gasteiger partial charge < -0.3 is 11.1 Å². The standard InChI is InChI=1S/C14H15N3/c15-11-17-14-9-5-4-8-13(14)16-10-12-6-2-1-3-7-12/h1-9,11,16H,10H2,(H2,15,17). The molecular formula is C14H15N3. The van der Waals surface area contributed by atoms with Crippen molar-refractivity contribution in [1.29, 1.82) is 0 Å². The number of benzene rings is 2. The fourth-order valence-electron chi connectivity index (χ4n) is 1.61. The lowest BCUT2D eigenvalue weighted by molar-refractivity contribution is 1.15. The Morgan fingerprint density at radius 3 is 2.47 bits per heavy atom. The van der Waals surface area contributed by atoms with Crippen LogP contribution in [0.3, 0.4) is 0 Å². The minimum atomic E-state index is 0.776. The summed E-state index contributed by atoms with van der Waals surface area (Å²) in [4.78, 5) is 4.11. The van der Waals surface area contributed by atoms with Crippen molar-refractivity contribution in [2.24, 2.45) is 10.7 Å². The van der Waals surface area contributed by atoms with E-state index in [-0.39, 0.29) is 0 Å². The predicted molar refractivity (Wildman–Crippen MR) is 72.6 cm³/mol. The Balaban J connectivity index is 2.09. The van der Waals surface area contributed by atoms with Crippen LogP contribution in [-0.2, 0) is 6.54 Å². The molecule has 86 valence electrons. The van der Waals surface area contributed by atoms with Gasteiger partial charge in [0.1, 0.15) is 0 Å². The van der Waals surface area contributed by atoms with Gasteiger partial charge >= 0.3 is 0 Å². The van der Waals surface area contributed by atoms with Crippen LogP contribution in [0.25, 0.3) is 0 Å². The number of anilines is 1. The Morgan fingerprint density at radius 2 is 1.71 bits per heavy atom. The number of hydrogen-bond acceptors (Lipinski definition) is 2. The van der Waals surface area contributed by atoms with Gasteiger partial charge in [0.25, 0.3) is 0 Å². The second-order valence-corrected chi connectivity index (χ2v) is 3.63. The van der Waals surface area contributed by atoms with Crippen LogP contribution in [0.2, 0.25) is 0 Å². The third-order valence-corrected chi connectivity index (χ3v) is 2.44. The summed E-state index contributed by atoms with van der Waals surface area (Å²) in [6.45, 7) is 0.776. The zero-order valence-corrected chi connectivity index (χ0v) is 9.51. The number of nitrogens with zero attached hydrogens (tertiary/aromatic N) is 1. The van der Waals surface area contributed by atoms with Crippen LogP contribution in [0.5, 0.6) is 0 Å². The fraction of sp³-hybridized carbons (Fsp3) is 0.0714. The number of nitrogens with one attached hydrogen (secondary N) is 1. The summed E-state index contributed by atoms with van der Waals surface area (Å²) in [6, 6.07) is 18.1. The molecule has 0 amide bonds. The largest absolute Gasteiger partial charge is 0.390 e. The van der Waals surface area contributed by atoms with E-state index >= 15 is 0 Å². The highest BCUT2D eigenvalue weighted by Gasteiger charge is 1.98. The molecule has 2 rings (SSSR count). The first-order valence-electron chi connectivity index (χ1n) is 5.51. The van der Waals surface area contributed by atoms with Crippen molar-refractivity contribution in [3.8, 4) is 0 Å². The summed E-state index contributed by atoms with van der Waals surface area (Å²) in [5.74, 6) is 0. The van der Waals surface area contributed by atoms with E-state index in [1.165, 1.54) is 11.9 Å². The van der Waals surface area contributed by atoms with Gasteiger partial charge in [-0.2, -0.15) is 0 Å². The first kappa shape index (κ1) is 11.2. The molecule has 0 aliphatic heterocycles. The summed E-state index contributed by atoms with van der Waals surface area (Å²) in [5.41, 5.74) is 8.39. The number of para-hydroxylation sites is 2. The highest BCUT2D eigenvalue weighted by Crippen LogP contribution is 2.24. The predicted octanol–water partition coefficient (Wildman–Crippen LogP) is 2.92. The first-order valence-corrected chi connectivity index (χ1v) is 5.51. The molecule has 0 saturated carbocycles. The van der Waals surface area contributed by atoms with E-state index in [9.17, 15) is 0 Å². The van der Waals surface area contributed by atoms with E-state index < -0.39 is 0 Å². The average Bonchev–Trinajstić information content (AvgIpc) is 2.39. The highest BCUT2D eigenvalue weighted by atomic mass is 14.9. The SMILES string of the molecule is NC=Nc1ccccc1NCc1ccccc1. The maximum Gasteiger partial charge on any atom is 0.0878 e. The third-order valence-electron chi connectivity index (χ3n) is 2.44. The van der Waals surface area contributed by atoms with Gasteiger partial charge in [0, 0.05) is 6.54 Å². The molecule has 3 heteroatoms. The second-order valence-electron chi connectivity index (χ2n) is 3.63. The smallest absolute Gasteiger partial charge is 0.0878 e. The van der Waals surface area contributed by atoms with Crippen molar-refractivity contribution in [3.05, 3.63) is 60.2 Å². The van der Waals surface area contributed by atoms with Gasteiger partial charge in [0.2, 0.25) is 0 Å². The average molecular weight is 225 g/mol. The molecule has 3 N–H and O–H groups in total. The molecule has 0 unspecified atom stereocenters. The molecule has 2 aromatic carbocycles. The van der Waals surface area contributed by atoms with Gasteiger partial charge in [-0.15, -0.1) is 0 Å². The lowest BCUT2D eigenvalue weighted by Gasteiger charge is -2.08. The molecular weight excluding hydrogens is 210 g/mol. The first-order chi connectivity index (χ1) is 8.40. The second kappa shape index (κ2) is 5.70. The molecule has 0 aliphatic rings. The lowest BCUT2D eigenvalue weighted by atomic mass is 10.2. The minimum absolute atomic E-state index is 0.776. The Hall–Kier alpha value is -2.29. The van der Waals surface area contributed by atoms with Gasteiger partial charge in [0.05, 0.1) is 17.7 Å². The molecule has 0 atom stereocenters. The van der Waals surface area contributed by atoms with Crippen molar-refractivity contribution in [2.75, 3.05) is 5.32 Å². The van der Waals surface area contributed by atoms with E-state index in [0.717, 1.165) is 17.9 Å². The van der Waals surface area contributed by atoms with Crippen LogP contribution in [0.1, 0.15) is 5.56 Å². The number of aliphatic imine (C=N–C) groups is 1. The zero-order chi connectivity index (χ0) is 11.9. The van der Waals surface area contributed by atoms with Gasteiger partial charge in [-0.3, -0.25) is 0 Å². The molecule has 0 radical (unpaired) electrons. The zero-order valence-electron chi connectivity index (χ0n) is 9.51. The Kier molecular flexibility index (Phi) is 3.76. The Morgan fingerprint density at radius 1 is 1.00 bits per heavy atom. The maximum atomic E-state index is 5.32. The summed E-state index contributed by atoms with van der Waals surface area (Å²) >= 11 is 0. The van der Waals surface area contributed by atoms with E-state index in [0.29, 0.717) is 0 Å². The van der Waals surface area contributed by atoms with Crippen molar-refractivity contribution in [2.45, 2.75) is 6.54 Å². The molecule has 0 bridgehead atoms. The molecule has 0 aromatic heterocycles. The number of hydrogen-bond donors (Lipinski definition) is 2. The highest BCUT2D eigenvalue weighted by molar-refractivity contribution is 5.70. The van der Waals surface area contributed by atoms with Crippen LogP contribution in [0.4, 0.5) is 11.4 Å². The van der Waals surface area contributed by atoms with Crippen LogP contribution in [0, 0.1) is 0 Å². The van der Waals surface area contributed by atoms with Crippen LogP contribution in [0.15, 0.2) is 59.6 Å². The van der Waals surface area contributed by atoms with Gasteiger partial charge in [0.15, 0.2) is 0 Å². The molecule has 17 heavy (non-hydrogen) atoms. The normalized spacial score (nSPS) is 10.6. The Bertz CT molecular complexity index is 492. The summed E-state index contributed by atoms with van der Waals surface area (Å²) in [7, 11) is 0. The van der Waals surface area contributed by atoms with Crippen molar-refractivity contribution >= 4 is 17.7 Å². The molecule has 0 fully saturated rings. The monoisotopic (exact) mass is 225 g/mol. The quantitative estimate of drug-likeness (QED) is 0.621. The minimum Gasteiger partial charge on any atom is -0.390 e. The number of nitrogens with two attached hydrogens (primary N) is 1. The molecule has 0 aliphatic carbocycles. The fourth-order valence-corrected chi connectivity index (χ4v) is 1.61. The molecule has 2 aromatic rings. The van der Waals surface area contributed by atoms with Crippen molar-refractivity contribution in [3.63, 3.8) is 0 Å². The van der Waals surface area contributed by atoms with E-state index in [1.807, 2.05) is 42.5 Å². The number of rotatable bonds is 4. The summed E-state index contributed by atoms with van der Waals surface area (Å²) in [6.07, 6.45) is 1.31. The molecule has 0 spiro atoms. The summed E-state index contributed by atoms with van der Waals surface area (Å²) < 4.78 is 0. The Labute approximate surface area is 101 Å². The van der Waals surface area contributed by atoms with Crippen molar-refractivity contribution < 1.29 is 0 Å². The van der Waals surface area contributed by atoms with E-state index in [4.69, 9.17) is 5.73 Å². The van der Waals surface area contributed by atoms with Crippen LogP contribution < -0.4 is 11.1 Å². The van der Waals surface area contributed by atoms with E-state index in [2.05, 4.69) is 22.4 Å². The van der Waals surface area contributed by atoms with Gasteiger partial charge in [-0.05, 0) is 17.7 Å². The van der Waals surface area contributed by atoms with Crippen LogP contribution in [-0.4, -0.2) is 6.34 Å². The van der Waals surface area contributed by atoms with E-state index in [1.54, 1.807) is 0 Å². The van der Waals surface area contributed by atoms with Crippen LogP contribution >= 0.6 is 0 Å². The molecule has 0 heterocycles. The molecule has 0 saturated heterocycles. The third kappa shape index (κ3) is 3.08. The lowest BCUT2D eigenvalue weighted by Crippen LogP contribution is -1.99.